The van der Waals surface area contributed by atoms with Crippen molar-refractivity contribution in [2.24, 2.45) is 0 Å². The molecule has 0 aromatic heterocycles. The fraction of sp³-hybridized carbons (Fsp3) is 0.421. The molecule has 6 aliphatic rings. The van der Waals surface area contributed by atoms with E-state index in [0.29, 0.717) is 47.8 Å². The van der Waals surface area contributed by atoms with Gasteiger partial charge in [0.1, 0.15) is 5.75 Å². The van der Waals surface area contributed by atoms with Crippen molar-refractivity contribution in [1.82, 2.24) is 9.80 Å². The average Bonchev–Trinajstić information content (AvgIpc) is 3.08. The number of piperidine rings is 2. The van der Waals surface area contributed by atoms with E-state index < -0.39 is 10.8 Å². The summed E-state index contributed by atoms with van der Waals surface area (Å²) in [6, 6.07) is 5.75. The van der Waals surface area contributed by atoms with Crippen LogP contribution in [-0.4, -0.2) is 94.2 Å². The number of fused-ring (bicyclic) bond motifs is 2. The molecule has 250 valence electrons. The first kappa shape index (κ1) is 30.8. The predicted octanol–water partition coefficient (Wildman–Crippen LogP) is 4.28. The van der Waals surface area contributed by atoms with Crippen LogP contribution in [0.5, 0.6) is 28.7 Å². The molecule has 2 aromatic rings. The molecule has 10 heteroatoms. The minimum absolute atomic E-state index is 0.0253. The van der Waals surface area contributed by atoms with Crippen LogP contribution in [-0.2, 0) is 42.7 Å². The Kier molecular flexibility index (Phi) is 6.88. The molecule has 4 aliphatic carbocycles. The number of rotatable bonds is 6. The smallest absolute Gasteiger partial charge is 0.220 e. The summed E-state index contributed by atoms with van der Waals surface area (Å²) in [6.45, 7) is 1.58. The number of phenolic OH excluding ortho intramolecular Hbond substituents is 1. The van der Waals surface area contributed by atoms with Gasteiger partial charge in [-0.2, -0.15) is 0 Å². The summed E-state index contributed by atoms with van der Waals surface area (Å²) in [6.07, 6.45) is 9.88. The second-order valence-electron chi connectivity index (χ2n) is 13.7. The molecule has 4 bridgehead atoms. The SMILES string of the molecule is COC1=C[C@]23CCN(C)[C@H](Cc4c(Oc5c(OC)ccc6c5[C@@]57C=C(OC)C(=O)C=C5[C@@H](C6)N(C)CC7)cc(OC)c(O)c42)C3=CC1=O. The second-order valence-corrected chi connectivity index (χ2v) is 13.7. The van der Waals surface area contributed by atoms with Crippen LogP contribution in [0.4, 0.5) is 0 Å². The van der Waals surface area contributed by atoms with Gasteiger partial charge in [0.2, 0.25) is 11.6 Å². The number of ether oxygens (including phenoxy) is 5. The first-order valence-electron chi connectivity index (χ1n) is 16.4. The Morgan fingerprint density at radius 3 is 1.85 bits per heavy atom. The highest BCUT2D eigenvalue weighted by Crippen LogP contribution is 2.60. The number of likely N-dealkylation sites (tertiary alicyclic amines) is 2. The zero-order valence-corrected chi connectivity index (χ0v) is 28.1. The number of phenols is 1. The highest BCUT2D eigenvalue weighted by atomic mass is 16.5. The highest BCUT2D eigenvalue weighted by molar-refractivity contribution is 6.06. The van der Waals surface area contributed by atoms with E-state index in [-0.39, 0.29) is 40.9 Å². The highest BCUT2D eigenvalue weighted by Gasteiger charge is 2.55. The van der Waals surface area contributed by atoms with Crippen molar-refractivity contribution >= 4 is 11.6 Å². The summed E-state index contributed by atoms with van der Waals surface area (Å²) >= 11 is 0. The summed E-state index contributed by atoms with van der Waals surface area (Å²) in [5.41, 5.74) is 4.12. The fourth-order valence-electron chi connectivity index (χ4n) is 9.32. The Labute approximate surface area is 279 Å². The minimum atomic E-state index is -0.781. The normalized spacial score (nSPS) is 28.8. The monoisotopic (exact) mass is 652 g/mol. The van der Waals surface area contributed by atoms with Crippen LogP contribution >= 0.6 is 0 Å². The topological polar surface area (TPSA) is 107 Å². The summed E-state index contributed by atoms with van der Waals surface area (Å²) in [4.78, 5) is 30.8. The molecule has 10 nitrogen and oxygen atoms in total. The van der Waals surface area contributed by atoms with E-state index in [4.69, 9.17) is 23.7 Å². The zero-order valence-electron chi connectivity index (χ0n) is 28.1. The average molecular weight is 653 g/mol. The van der Waals surface area contributed by atoms with Gasteiger partial charge in [0.25, 0.3) is 0 Å². The largest absolute Gasteiger partial charge is 0.504 e. The lowest BCUT2D eigenvalue weighted by Gasteiger charge is -2.53. The van der Waals surface area contributed by atoms with Gasteiger partial charge in [-0.1, -0.05) is 6.07 Å². The van der Waals surface area contributed by atoms with Gasteiger partial charge in [0.05, 0.1) is 28.4 Å². The van der Waals surface area contributed by atoms with Crippen molar-refractivity contribution < 1.29 is 38.4 Å². The lowest BCUT2D eigenvalue weighted by atomic mass is 9.58. The van der Waals surface area contributed by atoms with Crippen molar-refractivity contribution in [2.45, 2.75) is 48.6 Å². The van der Waals surface area contributed by atoms with Crippen LogP contribution in [0.25, 0.3) is 0 Å². The Morgan fingerprint density at radius 2 is 1.29 bits per heavy atom. The van der Waals surface area contributed by atoms with Crippen LogP contribution in [0.1, 0.15) is 35.1 Å². The molecule has 0 saturated carbocycles. The number of hydrogen-bond donors (Lipinski definition) is 1. The molecule has 0 spiro atoms. The number of hydrogen-bond acceptors (Lipinski definition) is 10. The molecule has 0 unspecified atom stereocenters. The molecular weight excluding hydrogens is 612 g/mol. The van der Waals surface area contributed by atoms with Gasteiger partial charge in [-0.05, 0) is 99.9 Å². The molecule has 2 fully saturated rings. The number of likely N-dealkylation sites (N-methyl/N-ethyl adjacent to an activating group) is 2. The third kappa shape index (κ3) is 3.99. The molecule has 0 amide bonds. The number of allylic oxidation sites excluding steroid dienone is 4. The van der Waals surface area contributed by atoms with E-state index in [2.05, 4.69) is 30.0 Å². The summed E-state index contributed by atoms with van der Waals surface area (Å²) in [7, 11) is 10.4. The van der Waals surface area contributed by atoms with Gasteiger partial charge in [-0.25, -0.2) is 0 Å². The van der Waals surface area contributed by atoms with Crippen LogP contribution in [0.2, 0.25) is 0 Å². The second kappa shape index (κ2) is 10.7. The number of methoxy groups -OCH3 is 4. The van der Waals surface area contributed by atoms with Crippen molar-refractivity contribution in [3.8, 4) is 28.7 Å². The van der Waals surface area contributed by atoms with Gasteiger partial charge < -0.3 is 28.8 Å². The van der Waals surface area contributed by atoms with E-state index in [1.54, 1.807) is 25.3 Å². The van der Waals surface area contributed by atoms with E-state index in [1.807, 2.05) is 18.2 Å². The molecule has 2 saturated heterocycles. The van der Waals surface area contributed by atoms with E-state index in [1.165, 1.54) is 21.3 Å². The molecule has 48 heavy (non-hydrogen) atoms. The maximum atomic E-state index is 13.2. The minimum Gasteiger partial charge on any atom is -0.504 e. The van der Waals surface area contributed by atoms with Crippen molar-refractivity contribution in [2.75, 3.05) is 55.6 Å². The maximum absolute atomic E-state index is 13.2. The number of ketones is 2. The predicted molar refractivity (Wildman–Crippen MR) is 177 cm³/mol. The van der Waals surface area contributed by atoms with E-state index >= 15 is 0 Å². The van der Waals surface area contributed by atoms with Crippen molar-refractivity contribution in [1.29, 1.82) is 0 Å². The molecule has 4 atom stereocenters. The maximum Gasteiger partial charge on any atom is 0.220 e. The van der Waals surface area contributed by atoms with Gasteiger partial charge in [0.15, 0.2) is 34.5 Å². The van der Waals surface area contributed by atoms with E-state index in [9.17, 15) is 14.7 Å². The van der Waals surface area contributed by atoms with E-state index in [0.717, 1.165) is 47.3 Å². The number of nitrogens with zero attached hydrogens (tertiary/aromatic N) is 2. The Bertz CT molecular complexity index is 1920. The number of carbonyl (C=O) groups excluding carboxylic acids is 2. The zero-order chi connectivity index (χ0) is 33.7. The number of carbonyl (C=O) groups is 2. The third-order valence-electron chi connectivity index (χ3n) is 11.7. The summed E-state index contributed by atoms with van der Waals surface area (Å²) < 4.78 is 30.1. The van der Waals surface area contributed by atoms with Gasteiger partial charge in [-0.3, -0.25) is 19.4 Å². The first-order chi connectivity index (χ1) is 23.1. The van der Waals surface area contributed by atoms with Gasteiger partial charge in [0, 0.05) is 45.7 Å². The molecule has 0 radical (unpaired) electrons. The fourth-order valence-corrected chi connectivity index (χ4v) is 9.32. The third-order valence-corrected chi connectivity index (χ3v) is 11.7. The van der Waals surface area contributed by atoms with Crippen molar-refractivity contribution in [3.63, 3.8) is 0 Å². The summed E-state index contributed by atoms with van der Waals surface area (Å²) in [5.74, 6) is 2.20. The van der Waals surface area contributed by atoms with Crippen LogP contribution in [0, 0.1) is 0 Å². The molecule has 2 heterocycles. The molecule has 1 N–H and O–H groups in total. The molecule has 2 aromatic carbocycles. The first-order valence-corrected chi connectivity index (χ1v) is 16.4. The van der Waals surface area contributed by atoms with Gasteiger partial charge >= 0.3 is 0 Å². The Morgan fingerprint density at radius 1 is 0.729 bits per heavy atom. The molecular formula is C38H40N2O8. The van der Waals surface area contributed by atoms with Crippen LogP contribution < -0.4 is 14.2 Å². The van der Waals surface area contributed by atoms with Crippen molar-refractivity contribution in [3.05, 3.63) is 87.4 Å². The molecule has 8 rings (SSSR count). The molecule has 2 aliphatic heterocycles. The van der Waals surface area contributed by atoms with Crippen LogP contribution in [0.3, 0.4) is 0 Å². The summed E-state index contributed by atoms with van der Waals surface area (Å²) in [5, 5.41) is 11.9. The Balaban J connectivity index is 1.38. The lowest BCUT2D eigenvalue weighted by molar-refractivity contribution is -0.115. The number of aromatic hydroxyl groups is 1. The quantitative estimate of drug-likeness (QED) is 0.486. The Hall–Kier alpha value is -4.54. The number of benzene rings is 2. The van der Waals surface area contributed by atoms with Gasteiger partial charge in [-0.15, -0.1) is 0 Å². The van der Waals surface area contributed by atoms with Crippen LogP contribution in [0.15, 0.2) is 65.2 Å². The standard InChI is InChI=1S/C38H40N2O8/c1-39-11-9-37-18-31(46-5)26(41)15-22(37)24(39)13-20-7-8-28(44-3)36(33(20)37)48-29-17-30(45-4)35(43)34-21(29)14-25-23-16-27(42)32(47-6)19-38(23,34)10-12-40(25)2/h7-8,15-19,24-25,43H,9-14H2,1-6H3/t24-,25-,37+,38+/m1/s1. The lowest BCUT2D eigenvalue weighted by Crippen LogP contribution is -2.54.